The van der Waals surface area contributed by atoms with Gasteiger partial charge in [0.2, 0.25) is 0 Å². The zero-order valence-electron chi connectivity index (χ0n) is 15.5. The van der Waals surface area contributed by atoms with E-state index in [1.807, 2.05) is 35.7 Å². The van der Waals surface area contributed by atoms with Gasteiger partial charge in [0.1, 0.15) is 12.7 Å². The first-order valence-corrected chi connectivity index (χ1v) is 9.90. The second-order valence-corrected chi connectivity index (χ2v) is 7.54. The molecule has 140 valence electrons. The summed E-state index contributed by atoms with van der Waals surface area (Å²) in [4.78, 5) is 17.4. The molecule has 1 amide bonds. The van der Waals surface area contributed by atoms with Crippen LogP contribution in [0, 0.1) is 6.92 Å². The fraction of sp³-hybridized carbons (Fsp3) is 0.136. The van der Waals surface area contributed by atoms with Crippen LogP contribution in [0.1, 0.15) is 26.4 Å². The van der Waals surface area contributed by atoms with Crippen LogP contribution in [-0.4, -0.2) is 20.7 Å². The van der Waals surface area contributed by atoms with Crippen molar-refractivity contribution in [3.63, 3.8) is 0 Å². The highest BCUT2D eigenvalue weighted by atomic mass is 32.1. The predicted octanol–water partition coefficient (Wildman–Crippen LogP) is 4.29. The lowest BCUT2D eigenvalue weighted by Gasteiger charge is -2.08. The van der Waals surface area contributed by atoms with E-state index in [0.29, 0.717) is 13.1 Å². The van der Waals surface area contributed by atoms with Gasteiger partial charge in [0.25, 0.3) is 5.91 Å². The van der Waals surface area contributed by atoms with Crippen LogP contribution in [0.25, 0.3) is 11.1 Å². The van der Waals surface area contributed by atoms with Gasteiger partial charge in [0.05, 0.1) is 11.4 Å². The molecular weight excluding hydrogens is 368 g/mol. The summed E-state index contributed by atoms with van der Waals surface area (Å²) in [6.45, 7) is 3.23. The summed E-state index contributed by atoms with van der Waals surface area (Å²) in [5.41, 5.74) is 5.45. The summed E-state index contributed by atoms with van der Waals surface area (Å²) in [6, 6.07) is 18.4. The maximum atomic E-state index is 12.7. The molecule has 1 N–H and O–H groups in total. The molecular formula is C22H20N4OS. The van der Waals surface area contributed by atoms with Crippen LogP contribution in [0.4, 0.5) is 0 Å². The molecule has 0 aliphatic carbocycles. The van der Waals surface area contributed by atoms with Crippen LogP contribution in [0.2, 0.25) is 0 Å². The highest BCUT2D eigenvalue weighted by Crippen LogP contribution is 2.28. The van der Waals surface area contributed by atoms with E-state index >= 15 is 0 Å². The molecule has 4 rings (SSSR count). The molecule has 0 unspecified atom stereocenters. The molecule has 0 aliphatic rings. The third-order valence-corrected chi connectivity index (χ3v) is 5.43. The summed E-state index contributed by atoms with van der Waals surface area (Å²) in [5.74, 6) is -0.0442. The van der Waals surface area contributed by atoms with Gasteiger partial charge in [0, 0.05) is 12.1 Å². The lowest BCUT2D eigenvalue weighted by molar-refractivity contribution is 0.0955. The molecule has 0 spiro atoms. The van der Waals surface area contributed by atoms with Crippen molar-refractivity contribution in [2.24, 2.45) is 0 Å². The average Bonchev–Trinajstić information content (AvgIpc) is 3.40. The van der Waals surface area contributed by atoms with E-state index in [9.17, 15) is 4.79 Å². The zero-order chi connectivity index (χ0) is 19.3. The Labute approximate surface area is 167 Å². The lowest BCUT2D eigenvalue weighted by Crippen LogP contribution is -2.22. The van der Waals surface area contributed by atoms with Gasteiger partial charge in [-0.25, -0.2) is 9.67 Å². The number of carbonyl (C=O) groups is 1. The molecule has 0 radical (unpaired) electrons. The third-order valence-electron chi connectivity index (χ3n) is 4.52. The van der Waals surface area contributed by atoms with E-state index in [2.05, 4.69) is 46.6 Å². The van der Waals surface area contributed by atoms with Crippen molar-refractivity contribution in [3.8, 4) is 11.1 Å². The Morgan fingerprint density at radius 2 is 1.79 bits per heavy atom. The van der Waals surface area contributed by atoms with Crippen LogP contribution < -0.4 is 5.32 Å². The molecule has 5 nitrogen and oxygen atoms in total. The van der Waals surface area contributed by atoms with Gasteiger partial charge in [-0.15, -0.1) is 11.3 Å². The van der Waals surface area contributed by atoms with E-state index in [0.717, 1.165) is 27.1 Å². The summed E-state index contributed by atoms with van der Waals surface area (Å²) >= 11 is 1.47. The number of amides is 1. The van der Waals surface area contributed by atoms with Gasteiger partial charge in [-0.1, -0.05) is 54.1 Å². The molecule has 0 saturated heterocycles. The van der Waals surface area contributed by atoms with E-state index in [1.165, 1.54) is 23.2 Å². The van der Waals surface area contributed by atoms with Crippen LogP contribution >= 0.6 is 11.3 Å². The number of aryl methyl sites for hydroxylation is 1. The molecule has 2 aromatic heterocycles. The minimum atomic E-state index is -0.0442. The molecule has 2 heterocycles. The largest absolute Gasteiger partial charge is 0.347 e. The number of hydrogen-bond donors (Lipinski definition) is 1. The van der Waals surface area contributed by atoms with Crippen molar-refractivity contribution in [2.75, 3.05) is 0 Å². The number of nitrogens with zero attached hydrogens (tertiary/aromatic N) is 3. The Balaban J connectivity index is 1.40. The van der Waals surface area contributed by atoms with Gasteiger partial charge in [0.15, 0.2) is 0 Å². The lowest BCUT2D eigenvalue weighted by atomic mass is 10.0. The topological polar surface area (TPSA) is 59.8 Å². The van der Waals surface area contributed by atoms with Crippen LogP contribution in [-0.2, 0) is 13.1 Å². The average molecular weight is 388 g/mol. The number of aromatic nitrogens is 3. The monoisotopic (exact) mass is 388 g/mol. The summed E-state index contributed by atoms with van der Waals surface area (Å²) < 4.78 is 1.78. The van der Waals surface area contributed by atoms with Gasteiger partial charge < -0.3 is 5.32 Å². The van der Waals surface area contributed by atoms with E-state index in [-0.39, 0.29) is 5.91 Å². The Hall–Kier alpha value is -3.25. The first-order chi connectivity index (χ1) is 13.7. The van der Waals surface area contributed by atoms with Gasteiger partial charge >= 0.3 is 0 Å². The minimum Gasteiger partial charge on any atom is -0.347 e. The SMILES string of the molecule is Cc1ccc(-c2ccsc2C(=O)NCc2ccc(Cn3cncn3)cc2)cc1. The van der Waals surface area contributed by atoms with Crippen molar-refractivity contribution in [2.45, 2.75) is 20.0 Å². The van der Waals surface area contributed by atoms with Crippen molar-refractivity contribution >= 4 is 17.2 Å². The quantitative estimate of drug-likeness (QED) is 0.536. The number of carbonyl (C=O) groups excluding carboxylic acids is 1. The summed E-state index contributed by atoms with van der Waals surface area (Å²) in [6.07, 6.45) is 3.22. The fourth-order valence-corrected chi connectivity index (χ4v) is 3.80. The number of benzene rings is 2. The molecule has 0 fully saturated rings. The molecule has 28 heavy (non-hydrogen) atoms. The van der Waals surface area contributed by atoms with Gasteiger partial charge in [-0.3, -0.25) is 4.79 Å². The second-order valence-electron chi connectivity index (χ2n) is 6.62. The molecule has 6 heteroatoms. The van der Waals surface area contributed by atoms with Crippen LogP contribution in [0.5, 0.6) is 0 Å². The zero-order valence-corrected chi connectivity index (χ0v) is 16.3. The molecule has 2 aromatic carbocycles. The smallest absolute Gasteiger partial charge is 0.262 e. The first-order valence-electron chi connectivity index (χ1n) is 9.02. The van der Waals surface area contributed by atoms with Crippen molar-refractivity contribution in [1.29, 1.82) is 0 Å². The molecule has 0 saturated carbocycles. The fourth-order valence-electron chi connectivity index (χ4n) is 2.97. The maximum Gasteiger partial charge on any atom is 0.262 e. The normalized spacial score (nSPS) is 10.8. The molecule has 0 atom stereocenters. The third kappa shape index (κ3) is 4.18. The van der Waals surface area contributed by atoms with E-state index in [1.54, 1.807) is 11.0 Å². The van der Waals surface area contributed by atoms with Gasteiger partial charge in [-0.2, -0.15) is 5.10 Å². The van der Waals surface area contributed by atoms with E-state index in [4.69, 9.17) is 0 Å². The van der Waals surface area contributed by atoms with Crippen molar-refractivity contribution in [3.05, 3.63) is 94.2 Å². The predicted molar refractivity (Wildman–Crippen MR) is 111 cm³/mol. The standard InChI is InChI=1S/C22H20N4OS/c1-16-2-8-19(9-3-16)20-10-11-28-21(20)22(27)24-12-17-4-6-18(7-5-17)13-26-15-23-14-25-26/h2-11,14-15H,12-13H2,1H3,(H,24,27). The van der Waals surface area contributed by atoms with Crippen LogP contribution in [0.3, 0.4) is 0 Å². The van der Waals surface area contributed by atoms with Crippen molar-refractivity contribution < 1.29 is 4.79 Å². The number of rotatable bonds is 6. The second kappa shape index (κ2) is 8.19. The first kappa shape index (κ1) is 18.1. The van der Waals surface area contributed by atoms with Crippen molar-refractivity contribution in [1.82, 2.24) is 20.1 Å². The Morgan fingerprint density at radius 1 is 1.04 bits per heavy atom. The van der Waals surface area contributed by atoms with Gasteiger partial charge in [-0.05, 0) is 35.1 Å². The Bertz CT molecular complexity index is 1050. The van der Waals surface area contributed by atoms with E-state index < -0.39 is 0 Å². The number of hydrogen-bond acceptors (Lipinski definition) is 4. The highest BCUT2D eigenvalue weighted by Gasteiger charge is 2.14. The highest BCUT2D eigenvalue weighted by molar-refractivity contribution is 7.12. The number of nitrogens with one attached hydrogen (secondary N) is 1. The number of thiophene rings is 1. The molecule has 4 aromatic rings. The van der Waals surface area contributed by atoms with Crippen LogP contribution in [0.15, 0.2) is 72.6 Å². The molecule has 0 bridgehead atoms. The maximum absolute atomic E-state index is 12.7. The summed E-state index contributed by atoms with van der Waals surface area (Å²) in [5, 5.41) is 9.10. The minimum absolute atomic E-state index is 0.0442. The summed E-state index contributed by atoms with van der Waals surface area (Å²) in [7, 11) is 0. The molecule has 0 aliphatic heterocycles. The Morgan fingerprint density at radius 3 is 2.50 bits per heavy atom. The Kier molecular flexibility index (Phi) is 5.30.